The van der Waals surface area contributed by atoms with E-state index in [1.54, 1.807) is 7.11 Å². The molecule has 0 saturated carbocycles. The average molecular weight is 324 g/mol. The molecule has 1 heterocycles. The van der Waals surface area contributed by atoms with Gasteiger partial charge in [0.2, 0.25) is 0 Å². The third-order valence-corrected chi connectivity index (χ3v) is 4.00. The molecule has 120 valence electrons. The Morgan fingerprint density at radius 3 is 2.59 bits per heavy atom. The number of hydrogen-bond donors (Lipinski definition) is 0. The van der Waals surface area contributed by atoms with Crippen molar-refractivity contribution in [1.29, 1.82) is 0 Å². The van der Waals surface area contributed by atoms with Gasteiger partial charge in [-0.05, 0) is 30.9 Å². The van der Waals surface area contributed by atoms with Gasteiger partial charge in [0.25, 0.3) is 0 Å². The molecule has 1 aliphatic rings. The van der Waals surface area contributed by atoms with E-state index in [9.17, 15) is 4.79 Å². The Hall–Kier alpha value is -1.52. The van der Waals surface area contributed by atoms with Crippen LogP contribution >= 0.6 is 11.6 Å². The second-order valence-electron chi connectivity index (χ2n) is 5.48. The lowest BCUT2D eigenvalue weighted by molar-refractivity contribution is -0.131. The van der Waals surface area contributed by atoms with Crippen molar-refractivity contribution in [2.75, 3.05) is 31.7 Å². The summed E-state index contributed by atoms with van der Waals surface area (Å²) in [6.07, 6.45) is 3.54. The molecule has 1 saturated heterocycles. The molecule has 0 unspecified atom stereocenters. The van der Waals surface area contributed by atoms with Crippen LogP contribution in [-0.2, 0) is 9.53 Å². The topological polar surface area (TPSA) is 38.8 Å². The Labute approximate surface area is 136 Å². The molecule has 0 atom stereocenters. The van der Waals surface area contributed by atoms with Crippen LogP contribution in [0.15, 0.2) is 18.7 Å². The number of ether oxygens (including phenoxy) is 2. The summed E-state index contributed by atoms with van der Waals surface area (Å²) in [5.74, 6) is 0.123. The van der Waals surface area contributed by atoms with Gasteiger partial charge in [0, 0.05) is 38.8 Å². The molecule has 0 N–H and O–H groups in total. The molecule has 0 radical (unpaired) electrons. The van der Waals surface area contributed by atoms with Crippen LogP contribution < -0.4 is 9.64 Å². The number of rotatable bonds is 5. The van der Waals surface area contributed by atoms with Crippen molar-refractivity contribution in [3.8, 4) is 5.75 Å². The number of piperidine rings is 1. The molecular weight excluding hydrogens is 302 g/mol. The number of esters is 1. The van der Waals surface area contributed by atoms with Crippen molar-refractivity contribution < 1.29 is 14.3 Å². The highest BCUT2D eigenvalue weighted by atomic mass is 35.5. The first kappa shape index (κ1) is 16.8. The monoisotopic (exact) mass is 323 g/mol. The number of methoxy groups -OCH3 is 1. The number of benzene rings is 1. The molecule has 0 amide bonds. The summed E-state index contributed by atoms with van der Waals surface area (Å²) < 4.78 is 10.5. The molecule has 2 rings (SSSR count). The van der Waals surface area contributed by atoms with Gasteiger partial charge in [-0.1, -0.05) is 18.2 Å². The van der Waals surface area contributed by atoms with Gasteiger partial charge in [-0.3, -0.25) is 4.79 Å². The normalized spacial score (nSPS) is 14.8. The first-order chi connectivity index (χ1) is 10.5. The Morgan fingerprint density at radius 1 is 1.32 bits per heavy atom. The van der Waals surface area contributed by atoms with E-state index in [1.807, 2.05) is 12.1 Å². The number of hydrogen-bond acceptors (Lipinski definition) is 4. The summed E-state index contributed by atoms with van der Waals surface area (Å²) >= 11 is 6.45. The minimum Gasteiger partial charge on any atom is -0.426 e. The van der Waals surface area contributed by atoms with Crippen molar-refractivity contribution in [2.24, 2.45) is 0 Å². The Bertz CT molecular complexity index is 565. The lowest BCUT2D eigenvalue weighted by atomic mass is 10.0. The van der Waals surface area contributed by atoms with E-state index in [-0.39, 0.29) is 5.97 Å². The molecule has 0 aliphatic carbocycles. The summed E-state index contributed by atoms with van der Waals surface area (Å²) in [6, 6.07) is 3.65. The highest BCUT2D eigenvalue weighted by molar-refractivity contribution is 6.33. The number of carbonyl (C=O) groups excluding carboxylic acids is 1. The zero-order valence-electron chi connectivity index (χ0n) is 13.2. The minimum atomic E-state index is -0.363. The van der Waals surface area contributed by atoms with Crippen LogP contribution in [0.2, 0.25) is 5.02 Å². The molecule has 1 aliphatic heterocycles. The number of anilines is 1. The maximum Gasteiger partial charge on any atom is 0.308 e. The molecule has 4 nitrogen and oxygen atoms in total. The quantitative estimate of drug-likeness (QED) is 0.608. The van der Waals surface area contributed by atoms with Crippen molar-refractivity contribution in [3.63, 3.8) is 0 Å². The van der Waals surface area contributed by atoms with Gasteiger partial charge >= 0.3 is 5.97 Å². The van der Waals surface area contributed by atoms with E-state index in [1.165, 1.54) is 13.3 Å². The van der Waals surface area contributed by atoms with Crippen LogP contribution in [0.25, 0.3) is 5.57 Å². The van der Waals surface area contributed by atoms with Gasteiger partial charge in [-0.25, -0.2) is 0 Å². The smallest absolute Gasteiger partial charge is 0.308 e. The molecular formula is C17H22ClNO3. The van der Waals surface area contributed by atoms with Gasteiger partial charge < -0.3 is 14.4 Å². The van der Waals surface area contributed by atoms with E-state index in [0.29, 0.717) is 22.9 Å². The molecule has 22 heavy (non-hydrogen) atoms. The second-order valence-corrected chi connectivity index (χ2v) is 5.88. The zero-order valence-corrected chi connectivity index (χ0v) is 13.9. The molecule has 5 heteroatoms. The fourth-order valence-electron chi connectivity index (χ4n) is 2.69. The predicted molar refractivity (Wildman–Crippen MR) is 89.7 cm³/mol. The predicted octanol–water partition coefficient (Wildman–Crippen LogP) is 3.92. The van der Waals surface area contributed by atoms with Crippen LogP contribution in [0.5, 0.6) is 5.75 Å². The van der Waals surface area contributed by atoms with Gasteiger partial charge in [0.05, 0.1) is 17.3 Å². The summed E-state index contributed by atoms with van der Waals surface area (Å²) in [4.78, 5) is 13.6. The van der Waals surface area contributed by atoms with Crippen molar-refractivity contribution in [2.45, 2.75) is 26.2 Å². The van der Waals surface area contributed by atoms with Crippen LogP contribution in [0.1, 0.15) is 31.7 Å². The Balaban J connectivity index is 2.40. The minimum absolute atomic E-state index is 0.355. The summed E-state index contributed by atoms with van der Waals surface area (Å²) in [6.45, 7) is 7.66. The number of carbonyl (C=O) groups is 1. The molecule has 0 bridgehead atoms. The van der Waals surface area contributed by atoms with Gasteiger partial charge in [-0.2, -0.15) is 0 Å². The largest absolute Gasteiger partial charge is 0.426 e. The van der Waals surface area contributed by atoms with Crippen molar-refractivity contribution in [1.82, 2.24) is 0 Å². The highest BCUT2D eigenvalue weighted by Gasteiger charge is 2.19. The summed E-state index contributed by atoms with van der Waals surface area (Å²) in [7, 11) is 1.60. The molecule has 1 aromatic rings. The standard InChI is InChI=1S/C17H22ClNO3/c1-12(11-21-3)14-9-15(18)16(10-17(14)22-13(2)20)19-7-5-4-6-8-19/h9-10H,1,4-8,11H2,2-3H3. The van der Waals surface area contributed by atoms with Crippen molar-refractivity contribution >= 4 is 28.8 Å². The molecule has 0 spiro atoms. The summed E-state index contributed by atoms with van der Waals surface area (Å²) in [5.41, 5.74) is 2.35. The third-order valence-electron chi connectivity index (χ3n) is 3.70. The van der Waals surface area contributed by atoms with Crippen molar-refractivity contribution in [3.05, 3.63) is 29.3 Å². The zero-order chi connectivity index (χ0) is 16.1. The second kappa shape index (κ2) is 7.65. The first-order valence-corrected chi connectivity index (χ1v) is 7.84. The van der Waals surface area contributed by atoms with E-state index >= 15 is 0 Å². The highest BCUT2D eigenvalue weighted by Crippen LogP contribution is 2.37. The van der Waals surface area contributed by atoms with E-state index in [2.05, 4.69) is 11.5 Å². The maximum absolute atomic E-state index is 11.4. The van der Waals surface area contributed by atoms with Gasteiger partial charge in [-0.15, -0.1) is 0 Å². The van der Waals surface area contributed by atoms with Crippen LogP contribution in [-0.4, -0.2) is 32.8 Å². The SMILES string of the molecule is C=C(COC)c1cc(Cl)c(N2CCCCC2)cc1OC(C)=O. The number of nitrogens with zero attached hydrogens (tertiary/aromatic N) is 1. The maximum atomic E-state index is 11.4. The van der Waals surface area contributed by atoms with E-state index < -0.39 is 0 Å². The van der Waals surface area contributed by atoms with Gasteiger partial charge in [0.15, 0.2) is 0 Å². The van der Waals surface area contributed by atoms with Crippen LogP contribution in [0.3, 0.4) is 0 Å². The Morgan fingerprint density at radius 2 is 2.00 bits per heavy atom. The molecule has 1 aromatic carbocycles. The summed E-state index contributed by atoms with van der Waals surface area (Å²) in [5, 5.41) is 0.644. The van der Waals surface area contributed by atoms with E-state index in [4.69, 9.17) is 21.1 Å². The average Bonchev–Trinajstić information content (AvgIpc) is 2.49. The fourth-order valence-corrected chi connectivity index (χ4v) is 2.97. The third kappa shape index (κ3) is 4.02. The van der Waals surface area contributed by atoms with Crippen LogP contribution in [0.4, 0.5) is 5.69 Å². The molecule has 1 fully saturated rings. The lowest BCUT2D eigenvalue weighted by Gasteiger charge is -2.30. The molecule has 0 aromatic heterocycles. The fraction of sp³-hybridized carbons (Fsp3) is 0.471. The van der Waals surface area contributed by atoms with Crippen LogP contribution in [0, 0.1) is 0 Å². The number of halogens is 1. The lowest BCUT2D eigenvalue weighted by Crippen LogP contribution is -2.29. The van der Waals surface area contributed by atoms with Gasteiger partial charge in [0.1, 0.15) is 5.75 Å². The van der Waals surface area contributed by atoms with E-state index in [0.717, 1.165) is 37.2 Å². The first-order valence-electron chi connectivity index (χ1n) is 7.47. The Kier molecular flexibility index (Phi) is 5.86.